The van der Waals surface area contributed by atoms with Gasteiger partial charge in [-0.25, -0.2) is 9.78 Å². The van der Waals surface area contributed by atoms with Gasteiger partial charge in [-0.1, -0.05) is 0 Å². The SMILES string of the molecule is Cc1nc(C(=O)N2CCC(C3CCOCC3)C2)ccc1C(=O)O. The van der Waals surface area contributed by atoms with Crippen molar-refractivity contribution in [2.75, 3.05) is 26.3 Å². The third kappa shape index (κ3) is 3.37. The number of likely N-dealkylation sites (tertiary alicyclic amines) is 1. The number of carbonyl (C=O) groups excluding carboxylic acids is 1. The van der Waals surface area contributed by atoms with Gasteiger partial charge in [-0.05, 0) is 50.2 Å². The largest absolute Gasteiger partial charge is 0.478 e. The Morgan fingerprint density at radius 1 is 1.22 bits per heavy atom. The Bertz CT molecular complexity index is 611. The molecule has 1 amide bonds. The fourth-order valence-electron chi connectivity index (χ4n) is 3.61. The van der Waals surface area contributed by atoms with Gasteiger partial charge in [-0.15, -0.1) is 0 Å². The summed E-state index contributed by atoms with van der Waals surface area (Å²) in [5.41, 5.74) is 0.853. The number of hydrogen-bond acceptors (Lipinski definition) is 4. The number of hydrogen-bond donors (Lipinski definition) is 1. The second kappa shape index (κ2) is 6.66. The molecule has 0 aliphatic carbocycles. The minimum atomic E-state index is -1.02. The maximum absolute atomic E-state index is 12.6. The molecule has 0 aromatic carbocycles. The van der Waals surface area contributed by atoms with Crippen LogP contribution in [0.1, 0.15) is 45.8 Å². The lowest BCUT2D eigenvalue weighted by atomic mass is 9.85. The van der Waals surface area contributed by atoms with Gasteiger partial charge in [-0.3, -0.25) is 4.79 Å². The van der Waals surface area contributed by atoms with Gasteiger partial charge in [0.2, 0.25) is 0 Å². The number of nitrogens with zero attached hydrogens (tertiary/aromatic N) is 2. The van der Waals surface area contributed by atoms with Crippen molar-refractivity contribution in [3.8, 4) is 0 Å². The fraction of sp³-hybridized carbons (Fsp3) is 0.588. The maximum Gasteiger partial charge on any atom is 0.337 e. The molecule has 1 unspecified atom stereocenters. The highest BCUT2D eigenvalue weighted by Crippen LogP contribution is 2.31. The average Bonchev–Trinajstić information content (AvgIpc) is 3.04. The zero-order valence-electron chi connectivity index (χ0n) is 13.3. The summed E-state index contributed by atoms with van der Waals surface area (Å²) >= 11 is 0. The molecular formula is C17H22N2O4. The molecule has 0 spiro atoms. The van der Waals surface area contributed by atoms with Crippen molar-refractivity contribution >= 4 is 11.9 Å². The molecule has 0 bridgehead atoms. The zero-order chi connectivity index (χ0) is 16.4. The van der Waals surface area contributed by atoms with Gasteiger partial charge in [0.15, 0.2) is 0 Å². The quantitative estimate of drug-likeness (QED) is 0.922. The number of carboxylic acid groups (broad SMARTS) is 1. The Hall–Kier alpha value is -1.95. The molecule has 6 nitrogen and oxygen atoms in total. The standard InChI is InChI=1S/C17H22N2O4/c1-11-14(17(21)22)2-3-15(18-11)16(20)19-7-4-13(10-19)12-5-8-23-9-6-12/h2-3,12-13H,4-10H2,1H3,(H,21,22). The van der Waals surface area contributed by atoms with Crippen molar-refractivity contribution < 1.29 is 19.4 Å². The van der Waals surface area contributed by atoms with Gasteiger partial charge < -0.3 is 14.7 Å². The second-order valence-corrected chi connectivity index (χ2v) is 6.38. The molecule has 6 heteroatoms. The first-order chi connectivity index (χ1) is 11.1. The molecule has 23 heavy (non-hydrogen) atoms. The Balaban J connectivity index is 1.67. The molecule has 2 aliphatic heterocycles. The summed E-state index contributed by atoms with van der Waals surface area (Å²) in [5.74, 6) is 0.0715. The van der Waals surface area contributed by atoms with Crippen molar-refractivity contribution in [1.82, 2.24) is 9.88 Å². The van der Waals surface area contributed by atoms with E-state index in [1.54, 1.807) is 6.92 Å². The number of amides is 1. The molecule has 124 valence electrons. The summed E-state index contributed by atoms with van der Waals surface area (Å²) in [6, 6.07) is 2.98. The summed E-state index contributed by atoms with van der Waals surface area (Å²) in [6.07, 6.45) is 3.19. The number of rotatable bonds is 3. The lowest BCUT2D eigenvalue weighted by Gasteiger charge is -2.27. The number of aromatic carboxylic acids is 1. The van der Waals surface area contributed by atoms with Crippen LogP contribution in [0.3, 0.4) is 0 Å². The first-order valence-corrected chi connectivity index (χ1v) is 8.14. The van der Waals surface area contributed by atoms with Crippen LogP contribution >= 0.6 is 0 Å². The number of aromatic nitrogens is 1. The van der Waals surface area contributed by atoms with E-state index in [9.17, 15) is 9.59 Å². The number of ether oxygens (including phenoxy) is 1. The number of carboxylic acids is 1. The minimum Gasteiger partial charge on any atom is -0.478 e. The van der Waals surface area contributed by atoms with Gasteiger partial charge in [0.05, 0.1) is 11.3 Å². The topological polar surface area (TPSA) is 79.7 Å². The average molecular weight is 318 g/mol. The molecule has 3 heterocycles. The number of carbonyl (C=O) groups is 2. The van der Waals surface area contributed by atoms with Crippen LogP contribution in [0, 0.1) is 18.8 Å². The van der Waals surface area contributed by atoms with Crippen LogP contribution in [0.25, 0.3) is 0 Å². The Kier molecular flexibility index (Phi) is 4.61. The highest BCUT2D eigenvalue weighted by molar-refractivity contribution is 5.94. The summed E-state index contributed by atoms with van der Waals surface area (Å²) in [7, 11) is 0. The summed E-state index contributed by atoms with van der Waals surface area (Å²) in [4.78, 5) is 29.7. The lowest BCUT2D eigenvalue weighted by molar-refractivity contribution is 0.0471. The van der Waals surface area contributed by atoms with Gasteiger partial charge in [0.25, 0.3) is 5.91 Å². The first-order valence-electron chi connectivity index (χ1n) is 8.14. The third-order valence-corrected chi connectivity index (χ3v) is 4.98. The van der Waals surface area contributed by atoms with Crippen molar-refractivity contribution in [3.63, 3.8) is 0 Å². The van der Waals surface area contributed by atoms with Crippen molar-refractivity contribution in [2.45, 2.75) is 26.2 Å². The minimum absolute atomic E-state index is 0.0976. The van der Waals surface area contributed by atoms with Crippen LogP contribution in [0.5, 0.6) is 0 Å². The monoisotopic (exact) mass is 318 g/mol. The summed E-state index contributed by atoms with van der Waals surface area (Å²) < 4.78 is 5.41. The molecule has 1 N–H and O–H groups in total. The van der Waals surface area contributed by atoms with E-state index in [1.165, 1.54) is 12.1 Å². The number of aryl methyl sites for hydroxylation is 1. The van der Waals surface area contributed by atoms with Gasteiger partial charge in [0, 0.05) is 26.3 Å². The summed E-state index contributed by atoms with van der Waals surface area (Å²) in [5, 5.41) is 9.04. The van der Waals surface area contributed by atoms with Gasteiger partial charge >= 0.3 is 5.97 Å². The Labute approximate surface area is 135 Å². The Morgan fingerprint density at radius 3 is 2.61 bits per heavy atom. The Morgan fingerprint density at radius 2 is 1.96 bits per heavy atom. The van der Waals surface area contributed by atoms with E-state index < -0.39 is 5.97 Å². The smallest absolute Gasteiger partial charge is 0.337 e. The van der Waals surface area contributed by atoms with E-state index in [2.05, 4.69) is 4.98 Å². The molecule has 0 saturated carbocycles. The highest BCUT2D eigenvalue weighted by atomic mass is 16.5. The maximum atomic E-state index is 12.6. The predicted molar refractivity (Wildman–Crippen MR) is 83.5 cm³/mol. The van der Waals surface area contributed by atoms with Crippen LogP contribution in [0.4, 0.5) is 0 Å². The van der Waals surface area contributed by atoms with Crippen LogP contribution in [-0.4, -0.2) is 53.2 Å². The summed E-state index contributed by atoms with van der Waals surface area (Å²) in [6.45, 7) is 4.79. The van der Waals surface area contributed by atoms with E-state index in [0.29, 0.717) is 23.2 Å². The second-order valence-electron chi connectivity index (χ2n) is 6.38. The van der Waals surface area contributed by atoms with Crippen LogP contribution < -0.4 is 0 Å². The fourth-order valence-corrected chi connectivity index (χ4v) is 3.61. The van der Waals surface area contributed by atoms with E-state index >= 15 is 0 Å². The molecule has 2 fully saturated rings. The van der Waals surface area contributed by atoms with Gasteiger partial charge in [-0.2, -0.15) is 0 Å². The molecule has 2 saturated heterocycles. The molecule has 3 rings (SSSR count). The third-order valence-electron chi connectivity index (χ3n) is 4.98. The molecule has 1 atom stereocenters. The highest BCUT2D eigenvalue weighted by Gasteiger charge is 2.33. The van der Waals surface area contributed by atoms with Crippen molar-refractivity contribution in [3.05, 3.63) is 29.1 Å². The van der Waals surface area contributed by atoms with E-state index in [1.807, 2.05) is 4.90 Å². The van der Waals surface area contributed by atoms with E-state index in [0.717, 1.165) is 45.6 Å². The van der Waals surface area contributed by atoms with Crippen LogP contribution in [-0.2, 0) is 4.74 Å². The number of pyridine rings is 1. The van der Waals surface area contributed by atoms with Crippen LogP contribution in [0.15, 0.2) is 12.1 Å². The van der Waals surface area contributed by atoms with E-state index in [4.69, 9.17) is 9.84 Å². The van der Waals surface area contributed by atoms with Gasteiger partial charge in [0.1, 0.15) is 5.69 Å². The molecule has 2 aliphatic rings. The van der Waals surface area contributed by atoms with Crippen LogP contribution in [0.2, 0.25) is 0 Å². The molecule has 0 radical (unpaired) electrons. The normalized spacial score (nSPS) is 22.3. The molecular weight excluding hydrogens is 296 g/mol. The molecule has 1 aromatic rings. The predicted octanol–water partition coefficient (Wildman–Crippen LogP) is 1.98. The van der Waals surface area contributed by atoms with Crippen molar-refractivity contribution in [1.29, 1.82) is 0 Å². The molecule has 1 aromatic heterocycles. The first kappa shape index (κ1) is 15.9. The van der Waals surface area contributed by atoms with E-state index in [-0.39, 0.29) is 11.5 Å². The zero-order valence-corrected chi connectivity index (χ0v) is 13.3. The lowest BCUT2D eigenvalue weighted by Crippen LogP contribution is -2.31. The van der Waals surface area contributed by atoms with Crippen molar-refractivity contribution in [2.24, 2.45) is 11.8 Å².